The second kappa shape index (κ2) is 7.23. The van der Waals surface area contributed by atoms with Gasteiger partial charge in [0.25, 0.3) is 5.69 Å². The van der Waals surface area contributed by atoms with Crippen LogP contribution in [0.15, 0.2) is 12.1 Å². The Bertz CT molecular complexity index is 513. The maximum atomic E-state index is 11.0. The lowest BCUT2D eigenvalue weighted by Gasteiger charge is -2.35. The fraction of sp³-hybridized carbons (Fsp3) is 0.625. The van der Waals surface area contributed by atoms with Gasteiger partial charge in [0.05, 0.1) is 4.92 Å². The summed E-state index contributed by atoms with van der Waals surface area (Å²) in [7, 11) is 0. The van der Waals surface area contributed by atoms with Gasteiger partial charge in [0.2, 0.25) is 0 Å². The number of hydrogen-bond acceptors (Lipinski definition) is 3. The minimum Gasteiger partial charge on any atom is -0.300 e. The van der Waals surface area contributed by atoms with E-state index in [0.717, 1.165) is 50.8 Å². The van der Waals surface area contributed by atoms with Gasteiger partial charge >= 0.3 is 0 Å². The smallest absolute Gasteiger partial charge is 0.288 e. The summed E-state index contributed by atoms with van der Waals surface area (Å²) in [5.74, 6) is 0. The molecule has 0 fully saturated rings. The Morgan fingerprint density at radius 2 is 2.00 bits per heavy atom. The van der Waals surface area contributed by atoms with E-state index in [-0.39, 0.29) is 10.6 Å². The third kappa shape index (κ3) is 3.55. The molecule has 21 heavy (non-hydrogen) atoms. The molecule has 2 rings (SSSR count). The molecular formula is C16H23ClN2O2. The number of hydrogen-bond donors (Lipinski definition) is 0. The van der Waals surface area contributed by atoms with Gasteiger partial charge in [0.1, 0.15) is 5.02 Å². The topological polar surface area (TPSA) is 46.4 Å². The molecule has 0 N–H and O–H groups in total. The highest BCUT2D eigenvalue weighted by atomic mass is 35.5. The summed E-state index contributed by atoms with van der Waals surface area (Å²) in [4.78, 5) is 13.2. The fourth-order valence-electron chi connectivity index (χ4n) is 3.27. The second-order valence-electron chi connectivity index (χ2n) is 5.73. The predicted octanol–water partition coefficient (Wildman–Crippen LogP) is 4.23. The number of benzene rings is 1. The van der Waals surface area contributed by atoms with Gasteiger partial charge in [0, 0.05) is 12.1 Å². The van der Waals surface area contributed by atoms with Crippen LogP contribution in [0, 0.1) is 10.1 Å². The zero-order valence-electron chi connectivity index (χ0n) is 12.8. The summed E-state index contributed by atoms with van der Waals surface area (Å²) in [5.41, 5.74) is 2.20. The van der Waals surface area contributed by atoms with Crippen molar-refractivity contribution >= 4 is 17.3 Å². The third-order valence-electron chi connectivity index (χ3n) is 4.24. The molecule has 1 aliphatic rings. The lowest BCUT2D eigenvalue weighted by atomic mass is 9.87. The lowest BCUT2D eigenvalue weighted by Crippen LogP contribution is -2.40. The van der Waals surface area contributed by atoms with Crippen LogP contribution in [0.1, 0.15) is 44.2 Å². The largest absolute Gasteiger partial charge is 0.300 e. The van der Waals surface area contributed by atoms with Crippen LogP contribution >= 0.6 is 11.6 Å². The highest BCUT2D eigenvalue weighted by Gasteiger charge is 2.28. The summed E-state index contributed by atoms with van der Waals surface area (Å²) in [6.07, 6.45) is 5.16. The van der Waals surface area contributed by atoms with Crippen LogP contribution in [0.2, 0.25) is 5.02 Å². The van der Waals surface area contributed by atoms with E-state index in [2.05, 4.69) is 18.7 Å². The zero-order valence-corrected chi connectivity index (χ0v) is 13.5. The maximum Gasteiger partial charge on any atom is 0.288 e. The molecule has 0 aromatic heterocycles. The Kier molecular flexibility index (Phi) is 5.59. The van der Waals surface area contributed by atoms with Gasteiger partial charge < -0.3 is 4.90 Å². The number of aryl methyl sites for hydroxylation is 1. The molecule has 0 radical (unpaired) electrons. The molecule has 0 bridgehead atoms. The number of fused-ring (bicyclic) bond motifs is 1. The van der Waals surface area contributed by atoms with E-state index in [4.69, 9.17) is 11.6 Å². The van der Waals surface area contributed by atoms with Gasteiger partial charge in [-0.05, 0) is 56.3 Å². The first-order valence-corrected chi connectivity index (χ1v) is 8.14. The Hall–Kier alpha value is -1.13. The molecular weight excluding hydrogens is 288 g/mol. The highest BCUT2D eigenvalue weighted by molar-refractivity contribution is 6.33. The van der Waals surface area contributed by atoms with Crippen molar-refractivity contribution < 1.29 is 4.92 Å². The number of nitro groups is 1. The van der Waals surface area contributed by atoms with Gasteiger partial charge in [-0.2, -0.15) is 0 Å². The molecule has 1 atom stereocenters. The Morgan fingerprint density at radius 3 is 2.57 bits per heavy atom. The molecule has 1 unspecified atom stereocenters. The first kappa shape index (κ1) is 16.2. The summed E-state index contributed by atoms with van der Waals surface area (Å²) >= 11 is 6.29. The van der Waals surface area contributed by atoms with E-state index in [1.807, 2.05) is 6.07 Å². The zero-order chi connectivity index (χ0) is 15.4. The lowest BCUT2D eigenvalue weighted by molar-refractivity contribution is -0.384. The standard InChI is InChI=1S/C16H23ClN2O2/c1-3-9-18(10-4-2)13-7-5-12-6-8-15(19(20)21)16(17)14(12)11-13/h6,8,13H,3-5,7,9-11H2,1-2H3. The summed E-state index contributed by atoms with van der Waals surface area (Å²) in [6.45, 7) is 6.55. The van der Waals surface area contributed by atoms with E-state index in [0.29, 0.717) is 11.1 Å². The van der Waals surface area contributed by atoms with Crippen molar-refractivity contribution in [3.8, 4) is 0 Å². The van der Waals surface area contributed by atoms with E-state index in [1.54, 1.807) is 0 Å². The minimum absolute atomic E-state index is 0.0357. The van der Waals surface area contributed by atoms with Crippen molar-refractivity contribution in [2.45, 2.75) is 52.0 Å². The Balaban J connectivity index is 2.25. The van der Waals surface area contributed by atoms with Crippen molar-refractivity contribution in [3.63, 3.8) is 0 Å². The monoisotopic (exact) mass is 310 g/mol. The fourth-order valence-corrected chi connectivity index (χ4v) is 3.60. The molecule has 1 aliphatic carbocycles. The van der Waals surface area contributed by atoms with Crippen molar-refractivity contribution in [3.05, 3.63) is 38.4 Å². The molecule has 116 valence electrons. The van der Waals surface area contributed by atoms with Gasteiger partial charge in [-0.25, -0.2) is 0 Å². The minimum atomic E-state index is -0.387. The van der Waals surface area contributed by atoms with Crippen LogP contribution in [0.5, 0.6) is 0 Å². The molecule has 0 amide bonds. The summed E-state index contributed by atoms with van der Waals surface area (Å²) in [5, 5.41) is 11.4. The molecule has 0 saturated carbocycles. The molecule has 0 aliphatic heterocycles. The quantitative estimate of drug-likeness (QED) is 0.583. The van der Waals surface area contributed by atoms with E-state index in [9.17, 15) is 10.1 Å². The van der Waals surface area contributed by atoms with Crippen LogP contribution in [0.4, 0.5) is 5.69 Å². The molecule has 0 heterocycles. The van der Waals surface area contributed by atoms with Crippen LogP contribution < -0.4 is 0 Å². The molecule has 1 aromatic rings. The number of halogens is 1. The van der Waals surface area contributed by atoms with E-state index in [1.165, 1.54) is 11.6 Å². The van der Waals surface area contributed by atoms with E-state index < -0.39 is 0 Å². The van der Waals surface area contributed by atoms with Crippen molar-refractivity contribution in [1.82, 2.24) is 4.90 Å². The molecule has 4 nitrogen and oxygen atoms in total. The normalized spacial score (nSPS) is 17.8. The Labute approximate surface area is 131 Å². The number of rotatable bonds is 6. The average molecular weight is 311 g/mol. The van der Waals surface area contributed by atoms with Crippen LogP contribution in [-0.4, -0.2) is 29.0 Å². The first-order chi connectivity index (χ1) is 10.1. The number of nitrogens with zero attached hydrogens (tertiary/aromatic N) is 2. The molecule has 0 spiro atoms. The van der Waals surface area contributed by atoms with Crippen molar-refractivity contribution in [2.75, 3.05) is 13.1 Å². The summed E-state index contributed by atoms with van der Waals surface area (Å²) < 4.78 is 0. The van der Waals surface area contributed by atoms with Gasteiger partial charge in [-0.1, -0.05) is 31.5 Å². The second-order valence-corrected chi connectivity index (χ2v) is 6.10. The van der Waals surface area contributed by atoms with Gasteiger partial charge in [0.15, 0.2) is 0 Å². The van der Waals surface area contributed by atoms with Gasteiger partial charge in [-0.3, -0.25) is 10.1 Å². The predicted molar refractivity (Wildman–Crippen MR) is 86.1 cm³/mol. The maximum absolute atomic E-state index is 11.0. The van der Waals surface area contributed by atoms with Crippen molar-refractivity contribution in [2.24, 2.45) is 0 Å². The van der Waals surface area contributed by atoms with Crippen molar-refractivity contribution in [1.29, 1.82) is 0 Å². The van der Waals surface area contributed by atoms with Crippen LogP contribution in [-0.2, 0) is 12.8 Å². The highest BCUT2D eigenvalue weighted by Crippen LogP contribution is 2.36. The molecule has 0 saturated heterocycles. The summed E-state index contributed by atoms with van der Waals surface area (Å²) in [6, 6.07) is 3.87. The number of nitro benzene ring substituents is 1. The molecule has 1 aromatic carbocycles. The third-order valence-corrected chi connectivity index (χ3v) is 4.66. The van der Waals surface area contributed by atoms with E-state index >= 15 is 0 Å². The van der Waals surface area contributed by atoms with Crippen LogP contribution in [0.3, 0.4) is 0 Å². The van der Waals surface area contributed by atoms with Gasteiger partial charge in [-0.15, -0.1) is 0 Å². The molecule has 5 heteroatoms. The SMILES string of the molecule is CCCN(CCC)C1CCc2ccc([N+](=O)[O-])c(Cl)c2C1. The first-order valence-electron chi connectivity index (χ1n) is 7.77. The average Bonchev–Trinajstić information content (AvgIpc) is 2.47. The Morgan fingerprint density at radius 1 is 1.33 bits per heavy atom. The van der Waals surface area contributed by atoms with Crippen LogP contribution in [0.25, 0.3) is 0 Å².